The van der Waals surface area contributed by atoms with E-state index in [-0.39, 0.29) is 5.60 Å². The van der Waals surface area contributed by atoms with Crippen LogP contribution in [0.2, 0.25) is 0 Å². The predicted molar refractivity (Wildman–Crippen MR) is 54.7 cm³/mol. The first-order valence-corrected chi connectivity index (χ1v) is 5.02. The Bertz CT molecular complexity index is 154. The van der Waals surface area contributed by atoms with Crippen LogP contribution in [-0.2, 0) is 4.74 Å². The lowest BCUT2D eigenvalue weighted by Crippen LogP contribution is -2.56. The topological polar surface area (TPSA) is 38.5 Å². The molecule has 2 N–H and O–H groups in total. The number of nitrogens with two attached hydrogens (primary N) is 1. The molecule has 1 fully saturated rings. The summed E-state index contributed by atoms with van der Waals surface area (Å²) >= 11 is 0. The van der Waals surface area contributed by atoms with Gasteiger partial charge in [0.15, 0.2) is 0 Å². The van der Waals surface area contributed by atoms with Crippen molar-refractivity contribution in [2.45, 2.75) is 44.4 Å². The van der Waals surface area contributed by atoms with Crippen molar-refractivity contribution in [3.63, 3.8) is 0 Å². The second-order valence-corrected chi connectivity index (χ2v) is 4.36. The van der Waals surface area contributed by atoms with Crippen molar-refractivity contribution < 1.29 is 4.74 Å². The Labute approximate surface area is 81.2 Å². The molecule has 0 aromatic heterocycles. The Morgan fingerprint density at radius 1 is 1.38 bits per heavy atom. The molecule has 1 aliphatic heterocycles. The van der Waals surface area contributed by atoms with Crippen molar-refractivity contribution >= 4 is 0 Å². The molecule has 78 valence electrons. The maximum atomic E-state index is 5.78. The minimum Gasteiger partial charge on any atom is -0.377 e. The highest BCUT2D eigenvalue weighted by Gasteiger charge is 2.39. The van der Waals surface area contributed by atoms with Crippen LogP contribution in [0, 0.1) is 0 Å². The third-order valence-electron chi connectivity index (χ3n) is 3.53. The third kappa shape index (κ3) is 2.03. The molecule has 1 aliphatic rings. The number of nitrogens with zero attached hydrogens (tertiary/aromatic N) is 1. The zero-order chi connectivity index (χ0) is 10.1. The Hall–Kier alpha value is -0.120. The summed E-state index contributed by atoms with van der Waals surface area (Å²) in [6.07, 6.45) is 2.08. The summed E-state index contributed by atoms with van der Waals surface area (Å²) < 4.78 is 5.57. The van der Waals surface area contributed by atoms with Crippen molar-refractivity contribution in [2.75, 3.05) is 20.7 Å². The summed E-state index contributed by atoms with van der Waals surface area (Å²) in [6.45, 7) is 5.10. The summed E-state index contributed by atoms with van der Waals surface area (Å²) in [5.41, 5.74) is 5.70. The monoisotopic (exact) mass is 186 g/mol. The lowest BCUT2D eigenvalue weighted by atomic mass is 9.83. The van der Waals surface area contributed by atoms with E-state index in [0.29, 0.717) is 18.6 Å². The van der Waals surface area contributed by atoms with Gasteiger partial charge in [0.05, 0.1) is 5.60 Å². The average Bonchev–Trinajstić information content (AvgIpc) is 2.13. The molecule has 0 radical (unpaired) electrons. The first kappa shape index (κ1) is 11.0. The van der Waals surface area contributed by atoms with Crippen molar-refractivity contribution in [3.05, 3.63) is 0 Å². The van der Waals surface area contributed by atoms with Gasteiger partial charge in [-0.3, -0.25) is 0 Å². The molecule has 0 amide bonds. The second-order valence-electron chi connectivity index (χ2n) is 4.36. The van der Waals surface area contributed by atoms with E-state index in [9.17, 15) is 0 Å². The van der Waals surface area contributed by atoms with Gasteiger partial charge in [-0.15, -0.1) is 0 Å². The molecule has 3 nitrogen and oxygen atoms in total. The molecule has 0 aromatic rings. The zero-order valence-electron chi connectivity index (χ0n) is 9.21. The lowest BCUT2D eigenvalue weighted by molar-refractivity contribution is -0.0797. The number of rotatable bonds is 2. The van der Waals surface area contributed by atoms with E-state index in [1.54, 1.807) is 7.11 Å². The molecule has 0 aromatic carbocycles. The predicted octanol–water partition coefficient (Wildman–Crippen LogP) is 0.833. The number of hydrogen-bond acceptors (Lipinski definition) is 3. The molecule has 1 rings (SSSR count). The van der Waals surface area contributed by atoms with Crippen LogP contribution >= 0.6 is 0 Å². The molecule has 0 bridgehead atoms. The maximum Gasteiger partial charge on any atom is 0.0829 e. The highest BCUT2D eigenvalue weighted by molar-refractivity contribution is 4.94. The molecular weight excluding hydrogens is 164 g/mol. The van der Waals surface area contributed by atoms with Crippen LogP contribution in [-0.4, -0.2) is 43.3 Å². The van der Waals surface area contributed by atoms with E-state index < -0.39 is 0 Å². The molecule has 0 aliphatic carbocycles. The number of hydrogen-bond donors (Lipinski definition) is 1. The van der Waals surface area contributed by atoms with E-state index >= 15 is 0 Å². The highest BCUT2D eigenvalue weighted by Crippen LogP contribution is 2.31. The van der Waals surface area contributed by atoms with E-state index in [1.807, 2.05) is 0 Å². The summed E-state index contributed by atoms with van der Waals surface area (Å²) in [5, 5.41) is 0. The number of methoxy groups -OCH3 is 1. The van der Waals surface area contributed by atoms with Crippen LogP contribution in [0.15, 0.2) is 0 Å². The van der Waals surface area contributed by atoms with Gasteiger partial charge in [0.2, 0.25) is 0 Å². The first-order chi connectivity index (χ1) is 6.04. The molecule has 1 unspecified atom stereocenters. The van der Waals surface area contributed by atoms with Gasteiger partial charge >= 0.3 is 0 Å². The molecule has 1 heterocycles. The van der Waals surface area contributed by atoms with E-state index in [1.165, 1.54) is 0 Å². The van der Waals surface area contributed by atoms with Crippen molar-refractivity contribution in [1.82, 2.24) is 4.90 Å². The van der Waals surface area contributed by atoms with Crippen molar-refractivity contribution in [1.29, 1.82) is 0 Å². The largest absolute Gasteiger partial charge is 0.377 e. The standard InChI is InChI=1S/C10H22N2O/c1-8-5-10(7-11,13-4)6-9(2)12(8)3/h8-9H,5-7,11H2,1-4H3/t8-,9+,10?. The van der Waals surface area contributed by atoms with Crippen LogP contribution in [0.25, 0.3) is 0 Å². The van der Waals surface area contributed by atoms with E-state index in [0.717, 1.165) is 12.8 Å². The summed E-state index contributed by atoms with van der Waals surface area (Å²) in [5.74, 6) is 0. The van der Waals surface area contributed by atoms with Gasteiger partial charge in [-0.2, -0.15) is 0 Å². The molecule has 1 saturated heterocycles. The maximum absolute atomic E-state index is 5.78. The smallest absolute Gasteiger partial charge is 0.0829 e. The number of likely N-dealkylation sites (tertiary alicyclic amines) is 1. The summed E-state index contributed by atoms with van der Waals surface area (Å²) in [7, 11) is 3.95. The first-order valence-electron chi connectivity index (χ1n) is 5.02. The van der Waals surface area contributed by atoms with E-state index in [4.69, 9.17) is 10.5 Å². The Morgan fingerprint density at radius 2 is 1.85 bits per heavy atom. The molecule has 13 heavy (non-hydrogen) atoms. The summed E-state index contributed by atoms with van der Waals surface area (Å²) in [6, 6.07) is 1.12. The highest BCUT2D eigenvalue weighted by atomic mass is 16.5. The number of piperidine rings is 1. The molecule has 3 atom stereocenters. The van der Waals surface area contributed by atoms with Gasteiger partial charge in [-0.05, 0) is 33.7 Å². The van der Waals surface area contributed by atoms with Gasteiger partial charge in [-0.25, -0.2) is 0 Å². The normalized spacial score (nSPS) is 42.2. The van der Waals surface area contributed by atoms with Gasteiger partial charge in [0.1, 0.15) is 0 Å². The fourth-order valence-electron chi connectivity index (χ4n) is 2.30. The minimum atomic E-state index is -0.0780. The lowest BCUT2D eigenvalue weighted by Gasteiger charge is -2.46. The Morgan fingerprint density at radius 3 is 2.15 bits per heavy atom. The number of ether oxygens (including phenoxy) is 1. The molecule has 0 spiro atoms. The summed E-state index contributed by atoms with van der Waals surface area (Å²) in [4.78, 5) is 2.40. The fourth-order valence-corrected chi connectivity index (χ4v) is 2.30. The second kappa shape index (κ2) is 3.95. The molecule has 3 heteroatoms. The van der Waals surface area contributed by atoms with Crippen LogP contribution in [0.4, 0.5) is 0 Å². The van der Waals surface area contributed by atoms with Crippen LogP contribution in [0.5, 0.6) is 0 Å². The van der Waals surface area contributed by atoms with Crippen molar-refractivity contribution in [3.8, 4) is 0 Å². The van der Waals surface area contributed by atoms with Gasteiger partial charge in [-0.1, -0.05) is 0 Å². The average molecular weight is 186 g/mol. The van der Waals surface area contributed by atoms with Gasteiger partial charge in [0.25, 0.3) is 0 Å². The Kier molecular flexibility index (Phi) is 3.33. The third-order valence-corrected chi connectivity index (χ3v) is 3.53. The van der Waals surface area contributed by atoms with Crippen molar-refractivity contribution in [2.24, 2.45) is 5.73 Å². The SMILES string of the molecule is COC1(CN)C[C@@H](C)N(C)[C@@H](C)C1. The van der Waals surface area contributed by atoms with Crippen LogP contribution in [0.3, 0.4) is 0 Å². The minimum absolute atomic E-state index is 0.0780. The zero-order valence-corrected chi connectivity index (χ0v) is 9.21. The van der Waals surface area contributed by atoms with Gasteiger partial charge in [0, 0.05) is 25.7 Å². The van der Waals surface area contributed by atoms with Gasteiger partial charge < -0.3 is 15.4 Å². The molecule has 0 saturated carbocycles. The molecular formula is C10H22N2O. The quantitative estimate of drug-likeness (QED) is 0.694. The van der Waals surface area contributed by atoms with Crippen LogP contribution < -0.4 is 5.73 Å². The fraction of sp³-hybridized carbons (Fsp3) is 1.00. The Balaban J connectivity index is 2.71. The van der Waals surface area contributed by atoms with E-state index in [2.05, 4.69) is 25.8 Å². The van der Waals surface area contributed by atoms with Crippen LogP contribution in [0.1, 0.15) is 26.7 Å².